The van der Waals surface area contributed by atoms with Gasteiger partial charge in [0.15, 0.2) is 0 Å². The van der Waals surface area contributed by atoms with Crippen LogP contribution in [0, 0.1) is 12.8 Å². The molecule has 2 rings (SSSR count). The Kier molecular flexibility index (Phi) is 5.32. The first-order valence-electron chi connectivity index (χ1n) is 8.10. The van der Waals surface area contributed by atoms with Crippen LogP contribution in [0.4, 0.5) is 0 Å². The third-order valence-corrected chi connectivity index (χ3v) is 3.58. The van der Waals surface area contributed by atoms with Crippen molar-refractivity contribution in [3.8, 4) is 5.75 Å². The monoisotopic (exact) mass is 332 g/mol. The molecule has 1 aliphatic heterocycles. The van der Waals surface area contributed by atoms with E-state index in [1.807, 2.05) is 19.1 Å². The van der Waals surface area contributed by atoms with Crippen LogP contribution in [0.2, 0.25) is 0 Å². The average Bonchev–Trinajstić information content (AvgIpc) is 2.43. The quantitative estimate of drug-likeness (QED) is 0.468. The Morgan fingerprint density at radius 1 is 1.17 bits per heavy atom. The number of aryl methyl sites for hydroxylation is 1. The Balaban J connectivity index is 2.14. The Morgan fingerprint density at radius 2 is 1.79 bits per heavy atom. The third kappa shape index (κ3) is 4.60. The number of carbonyl (C=O) groups excluding carboxylic acids is 2. The minimum absolute atomic E-state index is 0.109. The van der Waals surface area contributed by atoms with Crippen LogP contribution < -0.4 is 4.74 Å². The first-order valence-corrected chi connectivity index (χ1v) is 8.10. The molecule has 0 unspecified atom stereocenters. The lowest BCUT2D eigenvalue weighted by atomic mass is 10.1. The van der Waals surface area contributed by atoms with Gasteiger partial charge in [-0.05, 0) is 48.6 Å². The van der Waals surface area contributed by atoms with E-state index >= 15 is 0 Å². The van der Waals surface area contributed by atoms with E-state index in [-0.39, 0.29) is 5.57 Å². The lowest BCUT2D eigenvalue weighted by Crippen LogP contribution is -2.41. The molecule has 1 aromatic rings. The van der Waals surface area contributed by atoms with Crippen LogP contribution in [0.3, 0.4) is 0 Å². The summed E-state index contributed by atoms with van der Waals surface area (Å²) in [5.41, 5.74) is 1.54. The summed E-state index contributed by atoms with van der Waals surface area (Å²) in [6, 6.07) is 5.49. The number of ether oxygens (including phenoxy) is 3. The van der Waals surface area contributed by atoms with Crippen LogP contribution in [0.1, 0.15) is 45.2 Å². The molecule has 1 aromatic carbocycles. The molecule has 0 spiro atoms. The zero-order valence-corrected chi connectivity index (χ0v) is 14.8. The molecule has 1 fully saturated rings. The predicted molar refractivity (Wildman–Crippen MR) is 90.4 cm³/mol. The SMILES string of the molecule is Cc1cc(C=C2C(=O)OC(C)(C)OC2=O)ccc1OCCC(C)C. The maximum absolute atomic E-state index is 12.0. The van der Waals surface area contributed by atoms with Crippen molar-refractivity contribution in [1.29, 1.82) is 0 Å². The van der Waals surface area contributed by atoms with Gasteiger partial charge in [-0.3, -0.25) is 0 Å². The molecule has 5 heteroatoms. The second kappa shape index (κ2) is 7.07. The van der Waals surface area contributed by atoms with Crippen molar-refractivity contribution in [3.63, 3.8) is 0 Å². The predicted octanol–water partition coefficient (Wildman–Crippen LogP) is 3.64. The van der Waals surface area contributed by atoms with Crippen molar-refractivity contribution in [3.05, 3.63) is 34.9 Å². The molecule has 130 valence electrons. The lowest BCUT2D eigenvalue weighted by Gasteiger charge is -2.29. The van der Waals surface area contributed by atoms with Gasteiger partial charge in [-0.25, -0.2) is 9.59 Å². The topological polar surface area (TPSA) is 61.8 Å². The molecule has 5 nitrogen and oxygen atoms in total. The third-order valence-electron chi connectivity index (χ3n) is 3.58. The Labute approximate surface area is 142 Å². The van der Waals surface area contributed by atoms with E-state index < -0.39 is 17.7 Å². The molecule has 0 saturated carbocycles. The molecule has 0 N–H and O–H groups in total. The summed E-state index contributed by atoms with van der Waals surface area (Å²) in [7, 11) is 0. The number of hydrogen-bond donors (Lipinski definition) is 0. The summed E-state index contributed by atoms with van der Waals surface area (Å²) < 4.78 is 15.9. The Morgan fingerprint density at radius 3 is 2.33 bits per heavy atom. The fourth-order valence-electron chi connectivity index (χ4n) is 2.27. The van der Waals surface area contributed by atoms with E-state index in [2.05, 4.69) is 13.8 Å². The molecular weight excluding hydrogens is 308 g/mol. The highest BCUT2D eigenvalue weighted by molar-refractivity contribution is 6.18. The summed E-state index contributed by atoms with van der Waals surface area (Å²) in [6.07, 6.45) is 2.46. The van der Waals surface area contributed by atoms with Crippen LogP contribution in [-0.2, 0) is 19.1 Å². The maximum Gasteiger partial charge on any atom is 0.348 e. The van der Waals surface area contributed by atoms with Crippen LogP contribution in [0.25, 0.3) is 6.08 Å². The smallest absolute Gasteiger partial charge is 0.348 e. The summed E-state index contributed by atoms with van der Waals surface area (Å²) in [5, 5.41) is 0. The van der Waals surface area contributed by atoms with Crippen molar-refractivity contribution in [2.45, 2.75) is 46.8 Å². The highest BCUT2D eigenvalue weighted by Crippen LogP contribution is 2.26. The van der Waals surface area contributed by atoms with Crippen molar-refractivity contribution < 1.29 is 23.8 Å². The van der Waals surface area contributed by atoms with Crippen LogP contribution in [0.5, 0.6) is 5.75 Å². The van der Waals surface area contributed by atoms with E-state index in [1.54, 1.807) is 6.07 Å². The van der Waals surface area contributed by atoms with Gasteiger partial charge in [0.05, 0.1) is 6.61 Å². The van der Waals surface area contributed by atoms with Gasteiger partial charge in [0.1, 0.15) is 11.3 Å². The zero-order chi connectivity index (χ0) is 17.9. The van der Waals surface area contributed by atoms with Gasteiger partial charge < -0.3 is 14.2 Å². The Hall–Kier alpha value is -2.30. The number of benzene rings is 1. The summed E-state index contributed by atoms with van der Waals surface area (Å²) in [4.78, 5) is 23.9. The van der Waals surface area contributed by atoms with E-state index in [9.17, 15) is 9.59 Å². The molecule has 1 heterocycles. The summed E-state index contributed by atoms with van der Waals surface area (Å²) >= 11 is 0. The van der Waals surface area contributed by atoms with Gasteiger partial charge >= 0.3 is 11.9 Å². The van der Waals surface area contributed by atoms with Crippen molar-refractivity contribution in [1.82, 2.24) is 0 Å². The van der Waals surface area contributed by atoms with Crippen LogP contribution in [-0.4, -0.2) is 24.3 Å². The van der Waals surface area contributed by atoms with E-state index in [1.165, 1.54) is 19.9 Å². The average molecular weight is 332 g/mol. The van der Waals surface area contributed by atoms with Gasteiger partial charge in [-0.1, -0.05) is 19.9 Å². The first-order chi connectivity index (χ1) is 11.2. The minimum atomic E-state index is -1.23. The molecule has 1 saturated heterocycles. The van der Waals surface area contributed by atoms with E-state index in [4.69, 9.17) is 14.2 Å². The maximum atomic E-state index is 12.0. The standard InChI is InChI=1S/C19H24O5/c1-12(2)8-9-22-16-7-6-14(10-13(16)3)11-15-17(20)23-19(4,5)24-18(15)21/h6-7,10-12H,8-9H2,1-5H3. The molecule has 0 aliphatic carbocycles. The second-order valence-corrected chi connectivity index (χ2v) is 6.79. The first kappa shape index (κ1) is 18.0. The van der Waals surface area contributed by atoms with Crippen molar-refractivity contribution in [2.75, 3.05) is 6.61 Å². The molecule has 0 atom stereocenters. The lowest BCUT2D eigenvalue weighted by molar-refractivity contribution is -0.222. The molecule has 1 aliphatic rings. The minimum Gasteiger partial charge on any atom is -0.493 e. The van der Waals surface area contributed by atoms with Gasteiger partial charge in [0, 0.05) is 13.8 Å². The van der Waals surface area contributed by atoms with Gasteiger partial charge in [0.2, 0.25) is 0 Å². The van der Waals surface area contributed by atoms with E-state index in [0.717, 1.165) is 17.7 Å². The zero-order valence-electron chi connectivity index (χ0n) is 14.8. The van der Waals surface area contributed by atoms with Crippen molar-refractivity contribution in [2.24, 2.45) is 5.92 Å². The van der Waals surface area contributed by atoms with Crippen LogP contribution in [0.15, 0.2) is 23.8 Å². The van der Waals surface area contributed by atoms with Gasteiger partial charge in [-0.15, -0.1) is 0 Å². The molecule has 24 heavy (non-hydrogen) atoms. The molecule has 0 aromatic heterocycles. The molecule has 0 bridgehead atoms. The fraction of sp³-hybridized carbons (Fsp3) is 0.474. The number of esters is 2. The number of rotatable bonds is 5. The van der Waals surface area contributed by atoms with Crippen molar-refractivity contribution >= 4 is 18.0 Å². The molecular formula is C19H24O5. The highest BCUT2D eigenvalue weighted by atomic mass is 16.7. The van der Waals surface area contributed by atoms with Gasteiger partial charge in [0.25, 0.3) is 5.79 Å². The number of hydrogen-bond acceptors (Lipinski definition) is 5. The summed E-state index contributed by atoms with van der Waals surface area (Å²) in [6.45, 7) is 9.92. The Bertz CT molecular complexity index is 648. The number of carbonyl (C=O) groups is 2. The number of cyclic esters (lactones) is 2. The molecule has 0 amide bonds. The molecule has 0 radical (unpaired) electrons. The van der Waals surface area contributed by atoms with E-state index in [0.29, 0.717) is 18.1 Å². The normalized spacial score (nSPS) is 16.7. The van der Waals surface area contributed by atoms with Gasteiger partial charge in [-0.2, -0.15) is 0 Å². The summed E-state index contributed by atoms with van der Waals surface area (Å²) in [5.74, 6) is -1.19. The largest absolute Gasteiger partial charge is 0.493 e. The van der Waals surface area contributed by atoms with Crippen LogP contribution >= 0.6 is 0 Å². The highest BCUT2D eigenvalue weighted by Gasteiger charge is 2.38. The second-order valence-electron chi connectivity index (χ2n) is 6.79. The fourth-order valence-corrected chi connectivity index (χ4v) is 2.27.